The Labute approximate surface area is 118 Å². The van der Waals surface area contributed by atoms with Gasteiger partial charge in [-0.1, -0.05) is 36.5 Å². The molecule has 0 saturated carbocycles. The molecule has 2 atom stereocenters. The maximum absolute atomic E-state index is 6.15. The van der Waals surface area contributed by atoms with E-state index in [0.717, 1.165) is 24.7 Å². The zero-order chi connectivity index (χ0) is 12.7. The van der Waals surface area contributed by atoms with Gasteiger partial charge in [-0.2, -0.15) is 0 Å². The SMILES string of the molecule is CCC1CCN2c3cc(Cl)c(Cl)cc3NCC2C1. The van der Waals surface area contributed by atoms with E-state index < -0.39 is 0 Å². The van der Waals surface area contributed by atoms with E-state index in [1.54, 1.807) is 0 Å². The lowest BCUT2D eigenvalue weighted by Gasteiger charge is -2.45. The molecule has 0 amide bonds. The molecule has 1 fully saturated rings. The van der Waals surface area contributed by atoms with Gasteiger partial charge in [0.1, 0.15) is 0 Å². The zero-order valence-electron chi connectivity index (χ0n) is 10.5. The van der Waals surface area contributed by atoms with E-state index in [9.17, 15) is 0 Å². The van der Waals surface area contributed by atoms with Crippen LogP contribution in [0.15, 0.2) is 12.1 Å². The summed E-state index contributed by atoms with van der Waals surface area (Å²) in [6.45, 7) is 4.44. The lowest BCUT2D eigenvalue weighted by atomic mass is 9.87. The Kier molecular flexibility index (Phi) is 3.33. The Morgan fingerprint density at radius 3 is 2.89 bits per heavy atom. The molecular weight excluding hydrogens is 267 g/mol. The highest BCUT2D eigenvalue weighted by Gasteiger charge is 2.32. The lowest BCUT2D eigenvalue weighted by Crippen LogP contribution is -2.49. The van der Waals surface area contributed by atoms with Crippen LogP contribution in [0, 0.1) is 5.92 Å². The van der Waals surface area contributed by atoms with Gasteiger partial charge >= 0.3 is 0 Å². The first-order valence-electron chi connectivity index (χ1n) is 6.68. The van der Waals surface area contributed by atoms with Gasteiger partial charge in [-0.25, -0.2) is 0 Å². The number of nitrogens with zero attached hydrogens (tertiary/aromatic N) is 1. The van der Waals surface area contributed by atoms with Crippen LogP contribution in [0.3, 0.4) is 0 Å². The zero-order valence-corrected chi connectivity index (χ0v) is 12.1. The normalized spacial score (nSPS) is 26.3. The smallest absolute Gasteiger partial charge is 0.0621 e. The monoisotopic (exact) mass is 284 g/mol. The molecule has 0 radical (unpaired) electrons. The summed E-state index contributed by atoms with van der Waals surface area (Å²) in [5, 5.41) is 4.77. The molecule has 0 aromatic heterocycles. The van der Waals surface area contributed by atoms with Crippen molar-refractivity contribution in [2.24, 2.45) is 5.92 Å². The standard InChI is InChI=1S/C14H18Cl2N2/c1-2-9-3-4-18-10(5-9)8-17-13-6-11(15)12(16)7-14(13)18/h6-7,9-10,17H,2-5,8H2,1H3. The van der Waals surface area contributed by atoms with E-state index in [1.165, 1.54) is 24.9 Å². The summed E-state index contributed by atoms with van der Waals surface area (Å²) in [4.78, 5) is 2.50. The third-order valence-electron chi connectivity index (χ3n) is 4.28. The average Bonchev–Trinajstić information content (AvgIpc) is 2.39. The summed E-state index contributed by atoms with van der Waals surface area (Å²) >= 11 is 12.2. The Bertz CT molecular complexity index is 461. The van der Waals surface area contributed by atoms with Crippen molar-refractivity contribution in [3.8, 4) is 0 Å². The van der Waals surface area contributed by atoms with Gasteiger partial charge in [0.25, 0.3) is 0 Å². The van der Waals surface area contributed by atoms with Crippen LogP contribution in [0.25, 0.3) is 0 Å². The van der Waals surface area contributed by atoms with Gasteiger partial charge in [-0.15, -0.1) is 0 Å². The van der Waals surface area contributed by atoms with Crippen LogP contribution < -0.4 is 10.2 Å². The fourth-order valence-corrected chi connectivity index (χ4v) is 3.48. The average molecular weight is 285 g/mol. The van der Waals surface area contributed by atoms with Crippen LogP contribution in [0.5, 0.6) is 0 Å². The Morgan fingerprint density at radius 1 is 1.33 bits per heavy atom. The molecule has 1 aromatic rings. The second-order valence-electron chi connectivity index (χ2n) is 5.31. The summed E-state index contributed by atoms with van der Waals surface area (Å²) in [5.74, 6) is 0.873. The minimum Gasteiger partial charge on any atom is -0.381 e. The van der Waals surface area contributed by atoms with Gasteiger partial charge in [0, 0.05) is 19.1 Å². The van der Waals surface area contributed by atoms with Crippen molar-refractivity contribution < 1.29 is 0 Å². The van der Waals surface area contributed by atoms with Crippen molar-refractivity contribution in [1.82, 2.24) is 0 Å². The van der Waals surface area contributed by atoms with Gasteiger partial charge < -0.3 is 10.2 Å². The molecule has 98 valence electrons. The van der Waals surface area contributed by atoms with Crippen molar-refractivity contribution in [2.75, 3.05) is 23.3 Å². The molecule has 3 rings (SSSR count). The van der Waals surface area contributed by atoms with Crippen LogP contribution in [0.4, 0.5) is 11.4 Å². The first kappa shape index (κ1) is 12.4. The first-order valence-corrected chi connectivity index (χ1v) is 7.44. The van der Waals surface area contributed by atoms with Crippen LogP contribution in [-0.4, -0.2) is 19.1 Å². The molecule has 2 nitrogen and oxygen atoms in total. The van der Waals surface area contributed by atoms with Crippen molar-refractivity contribution in [2.45, 2.75) is 32.2 Å². The molecule has 2 unspecified atom stereocenters. The van der Waals surface area contributed by atoms with Crippen molar-refractivity contribution >= 4 is 34.6 Å². The largest absolute Gasteiger partial charge is 0.381 e. The number of rotatable bonds is 1. The third kappa shape index (κ3) is 2.06. The number of hydrogen-bond acceptors (Lipinski definition) is 2. The fourth-order valence-electron chi connectivity index (χ4n) is 3.16. The third-order valence-corrected chi connectivity index (χ3v) is 5.00. The second-order valence-corrected chi connectivity index (χ2v) is 6.12. The van der Waals surface area contributed by atoms with Crippen LogP contribution in [-0.2, 0) is 0 Å². The number of anilines is 2. The minimum atomic E-state index is 0.605. The highest BCUT2D eigenvalue weighted by atomic mass is 35.5. The summed E-state index contributed by atoms with van der Waals surface area (Å²) < 4.78 is 0. The Balaban J connectivity index is 1.92. The van der Waals surface area contributed by atoms with E-state index in [0.29, 0.717) is 16.1 Å². The number of fused-ring (bicyclic) bond motifs is 3. The van der Waals surface area contributed by atoms with Gasteiger partial charge in [-0.05, 0) is 30.9 Å². The van der Waals surface area contributed by atoms with Gasteiger partial charge in [-0.3, -0.25) is 0 Å². The maximum atomic E-state index is 6.15. The van der Waals surface area contributed by atoms with Gasteiger partial charge in [0.2, 0.25) is 0 Å². The summed E-state index contributed by atoms with van der Waals surface area (Å²) in [5.41, 5.74) is 2.34. The maximum Gasteiger partial charge on any atom is 0.0621 e. The van der Waals surface area contributed by atoms with Gasteiger partial charge in [0.05, 0.1) is 21.4 Å². The Morgan fingerprint density at radius 2 is 2.11 bits per heavy atom. The molecule has 1 saturated heterocycles. The predicted octanol–water partition coefficient (Wildman–Crippen LogP) is 4.41. The molecule has 1 N–H and O–H groups in total. The highest BCUT2D eigenvalue weighted by molar-refractivity contribution is 6.42. The van der Waals surface area contributed by atoms with E-state index in [4.69, 9.17) is 23.2 Å². The number of hydrogen-bond donors (Lipinski definition) is 1. The highest BCUT2D eigenvalue weighted by Crippen LogP contribution is 2.41. The van der Waals surface area contributed by atoms with Crippen molar-refractivity contribution in [3.05, 3.63) is 22.2 Å². The molecule has 1 aromatic carbocycles. The molecule has 0 bridgehead atoms. The number of halogens is 2. The van der Waals surface area contributed by atoms with Crippen molar-refractivity contribution in [1.29, 1.82) is 0 Å². The molecule has 0 aliphatic carbocycles. The van der Waals surface area contributed by atoms with Crippen LogP contribution in [0.1, 0.15) is 26.2 Å². The molecule has 18 heavy (non-hydrogen) atoms. The number of nitrogens with one attached hydrogen (secondary N) is 1. The predicted molar refractivity (Wildman–Crippen MR) is 79.1 cm³/mol. The molecule has 2 heterocycles. The molecule has 0 spiro atoms. The van der Waals surface area contributed by atoms with Crippen LogP contribution in [0.2, 0.25) is 10.0 Å². The van der Waals surface area contributed by atoms with E-state index >= 15 is 0 Å². The Hall–Kier alpha value is -0.600. The van der Waals surface area contributed by atoms with E-state index in [-0.39, 0.29) is 0 Å². The first-order chi connectivity index (χ1) is 8.69. The van der Waals surface area contributed by atoms with Gasteiger partial charge in [0.15, 0.2) is 0 Å². The molecule has 2 aliphatic rings. The van der Waals surface area contributed by atoms with E-state index in [1.807, 2.05) is 12.1 Å². The topological polar surface area (TPSA) is 15.3 Å². The number of benzene rings is 1. The molecule has 2 aliphatic heterocycles. The number of piperidine rings is 1. The summed E-state index contributed by atoms with van der Waals surface area (Å²) in [6, 6.07) is 4.56. The van der Waals surface area contributed by atoms with Crippen molar-refractivity contribution in [3.63, 3.8) is 0 Å². The quantitative estimate of drug-likeness (QED) is 0.822. The molecular formula is C14H18Cl2N2. The molecule has 4 heteroatoms. The summed E-state index contributed by atoms with van der Waals surface area (Å²) in [7, 11) is 0. The van der Waals surface area contributed by atoms with Crippen LogP contribution >= 0.6 is 23.2 Å². The van der Waals surface area contributed by atoms with E-state index in [2.05, 4.69) is 17.1 Å². The fraction of sp³-hybridized carbons (Fsp3) is 0.571. The second kappa shape index (κ2) is 4.82. The minimum absolute atomic E-state index is 0.605. The lowest BCUT2D eigenvalue weighted by molar-refractivity contribution is 0.336. The summed E-state index contributed by atoms with van der Waals surface area (Å²) in [6.07, 6.45) is 3.86.